The molecule has 116 valence electrons. The lowest BCUT2D eigenvalue weighted by Gasteiger charge is -2.16. The van der Waals surface area contributed by atoms with Crippen molar-refractivity contribution in [3.05, 3.63) is 63.6 Å². The molecule has 0 bridgehead atoms. The van der Waals surface area contributed by atoms with Crippen LogP contribution >= 0.6 is 23.2 Å². The van der Waals surface area contributed by atoms with E-state index < -0.39 is 6.10 Å². The van der Waals surface area contributed by atoms with Gasteiger partial charge in [0.1, 0.15) is 5.75 Å². The van der Waals surface area contributed by atoms with E-state index in [1.807, 2.05) is 25.1 Å². The van der Waals surface area contributed by atoms with Crippen molar-refractivity contribution in [1.29, 1.82) is 0 Å². The Labute approximate surface area is 140 Å². The number of hydrogen-bond acceptors (Lipinski definition) is 2. The van der Waals surface area contributed by atoms with Crippen LogP contribution in [-0.2, 0) is 11.3 Å². The summed E-state index contributed by atoms with van der Waals surface area (Å²) < 4.78 is 5.68. The van der Waals surface area contributed by atoms with Crippen LogP contribution in [0.2, 0.25) is 10.0 Å². The third kappa shape index (κ3) is 4.39. The van der Waals surface area contributed by atoms with Gasteiger partial charge in [0.05, 0.1) is 0 Å². The van der Waals surface area contributed by atoms with Crippen molar-refractivity contribution in [3.8, 4) is 5.75 Å². The largest absolute Gasteiger partial charge is 0.481 e. The molecule has 1 amide bonds. The SMILES string of the molecule is Cc1cc(Cl)ccc1O[C@H](C)C(=O)NCc1ccccc1Cl. The highest BCUT2D eigenvalue weighted by Crippen LogP contribution is 2.23. The van der Waals surface area contributed by atoms with Crippen molar-refractivity contribution in [2.24, 2.45) is 0 Å². The zero-order valence-electron chi connectivity index (χ0n) is 12.4. The van der Waals surface area contributed by atoms with Gasteiger partial charge in [0.15, 0.2) is 6.10 Å². The number of hydrogen-bond donors (Lipinski definition) is 1. The molecule has 0 unspecified atom stereocenters. The number of nitrogens with one attached hydrogen (secondary N) is 1. The van der Waals surface area contributed by atoms with E-state index in [1.165, 1.54) is 0 Å². The second kappa shape index (κ2) is 7.52. The standard InChI is InChI=1S/C17H17Cl2NO2/c1-11-9-14(18)7-8-16(11)22-12(2)17(21)20-10-13-5-3-4-6-15(13)19/h3-9,12H,10H2,1-2H3,(H,20,21)/t12-/m1/s1. The monoisotopic (exact) mass is 337 g/mol. The van der Waals surface area contributed by atoms with Gasteiger partial charge in [-0.2, -0.15) is 0 Å². The summed E-state index contributed by atoms with van der Waals surface area (Å²) in [6, 6.07) is 12.7. The summed E-state index contributed by atoms with van der Waals surface area (Å²) in [5.41, 5.74) is 1.76. The molecule has 0 aromatic heterocycles. The van der Waals surface area contributed by atoms with Crippen LogP contribution in [0.25, 0.3) is 0 Å². The predicted molar refractivity (Wildman–Crippen MR) is 89.6 cm³/mol. The van der Waals surface area contributed by atoms with Crippen LogP contribution in [0.3, 0.4) is 0 Å². The number of carbonyl (C=O) groups is 1. The molecule has 1 atom stereocenters. The average molecular weight is 338 g/mol. The molecule has 0 saturated heterocycles. The summed E-state index contributed by atoms with van der Waals surface area (Å²) >= 11 is 12.0. The van der Waals surface area contributed by atoms with Gasteiger partial charge in [0.25, 0.3) is 5.91 Å². The highest BCUT2D eigenvalue weighted by atomic mass is 35.5. The molecule has 22 heavy (non-hydrogen) atoms. The minimum absolute atomic E-state index is 0.200. The highest BCUT2D eigenvalue weighted by Gasteiger charge is 2.15. The molecule has 2 rings (SSSR count). The Morgan fingerprint density at radius 3 is 2.64 bits per heavy atom. The molecule has 0 radical (unpaired) electrons. The number of benzene rings is 2. The van der Waals surface area contributed by atoms with Crippen molar-refractivity contribution in [2.45, 2.75) is 26.5 Å². The van der Waals surface area contributed by atoms with Gasteiger partial charge in [0.2, 0.25) is 0 Å². The van der Waals surface area contributed by atoms with Crippen LogP contribution < -0.4 is 10.1 Å². The molecule has 0 heterocycles. The second-order valence-corrected chi connectivity index (χ2v) is 5.82. The van der Waals surface area contributed by atoms with Crippen LogP contribution in [0.5, 0.6) is 5.75 Å². The molecule has 0 aliphatic heterocycles. The topological polar surface area (TPSA) is 38.3 Å². The van der Waals surface area contributed by atoms with Crippen LogP contribution in [0.15, 0.2) is 42.5 Å². The fourth-order valence-corrected chi connectivity index (χ4v) is 2.39. The molecule has 2 aromatic carbocycles. The molecule has 0 fully saturated rings. The Hall–Kier alpha value is -1.71. The summed E-state index contributed by atoms with van der Waals surface area (Å²) in [5, 5.41) is 4.09. The van der Waals surface area contributed by atoms with E-state index in [0.29, 0.717) is 22.3 Å². The molecule has 0 saturated carbocycles. The molecule has 5 heteroatoms. The molecular weight excluding hydrogens is 321 g/mol. The first-order chi connectivity index (χ1) is 10.5. The van der Waals surface area contributed by atoms with Gasteiger partial charge < -0.3 is 10.1 Å². The Morgan fingerprint density at radius 2 is 1.95 bits per heavy atom. The van der Waals surface area contributed by atoms with Crippen LogP contribution in [0.4, 0.5) is 0 Å². The summed E-state index contributed by atoms with van der Waals surface area (Å²) in [7, 11) is 0. The third-order valence-corrected chi connectivity index (χ3v) is 3.82. The number of carbonyl (C=O) groups excluding carboxylic acids is 1. The molecule has 0 aliphatic rings. The average Bonchev–Trinajstić information content (AvgIpc) is 2.49. The van der Waals surface area contributed by atoms with Gasteiger partial charge in [-0.1, -0.05) is 41.4 Å². The first-order valence-corrected chi connectivity index (χ1v) is 7.67. The lowest BCUT2D eigenvalue weighted by molar-refractivity contribution is -0.127. The Kier molecular flexibility index (Phi) is 5.69. The third-order valence-electron chi connectivity index (χ3n) is 3.22. The van der Waals surface area contributed by atoms with Gasteiger partial charge >= 0.3 is 0 Å². The van der Waals surface area contributed by atoms with E-state index in [4.69, 9.17) is 27.9 Å². The first kappa shape index (κ1) is 16.7. The van der Waals surface area contributed by atoms with Crippen molar-refractivity contribution in [2.75, 3.05) is 0 Å². The summed E-state index contributed by atoms with van der Waals surface area (Å²) in [6.07, 6.45) is -0.609. The fraction of sp³-hybridized carbons (Fsp3) is 0.235. The maximum absolute atomic E-state index is 12.1. The van der Waals surface area contributed by atoms with E-state index in [0.717, 1.165) is 11.1 Å². The smallest absolute Gasteiger partial charge is 0.261 e. The lowest BCUT2D eigenvalue weighted by atomic mass is 10.2. The maximum atomic E-state index is 12.1. The van der Waals surface area contributed by atoms with E-state index >= 15 is 0 Å². The summed E-state index contributed by atoms with van der Waals surface area (Å²) in [6.45, 7) is 3.96. The minimum Gasteiger partial charge on any atom is -0.481 e. The Morgan fingerprint density at radius 1 is 1.23 bits per heavy atom. The zero-order valence-corrected chi connectivity index (χ0v) is 13.9. The summed E-state index contributed by atoms with van der Waals surface area (Å²) in [4.78, 5) is 12.1. The normalized spacial score (nSPS) is 11.8. The van der Waals surface area contributed by atoms with Crippen LogP contribution in [-0.4, -0.2) is 12.0 Å². The molecular formula is C17H17Cl2NO2. The number of rotatable bonds is 5. The van der Waals surface area contributed by atoms with Gasteiger partial charge in [0, 0.05) is 16.6 Å². The maximum Gasteiger partial charge on any atom is 0.261 e. The van der Waals surface area contributed by atoms with E-state index in [2.05, 4.69) is 5.32 Å². The van der Waals surface area contributed by atoms with Crippen molar-refractivity contribution >= 4 is 29.1 Å². The van der Waals surface area contributed by atoms with Crippen molar-refractivity contribution in [1.82, 2.24) is 5.32 Å². The van der Waals surface area contributed by atoms with E-state index in [-0.39, 0.29) is 5.91 Å². The zero-order chi connectivity index (χ0) is 16.1. The van der Waals surface area contributed by atoms with Crippen LogP contribution in [0.1, 0.15) is 18.1 Å². The number of aryl methyl sites for hydroxylation is 1. The molecule has 1 N–H and O–H groups in total. The predicted octanol–water partition coefficient (Wildman–Crippen LogP) is 4.39. The Balaban J connectivity index is 1.93. The van der Waals surface area contributed by atoms with Crippen LogP contribution in [0, 0.1) is 6.92 Å². The highest BCUT2D eigenvalue weighted by molar-refractivity contribution is 6.31. The van der Waals surface area contributed by atoms with Gasteiger partial charge in [-0.05, 0) is 49.2 Å². The van der Waals surface area contributed by atoms with Gasteiger partial charge in [-0.3, -0.25) is 4.79 Å². The summed E-state index contributed by atoms with van der Waals surface area (Å²) in [5.74, 6) is 0.444. The van der Waals surface area contributed by atoms with Crippen molar-refractivity contribution in [3.63, 3.8) is 0 Å². The molecule has 0 spiro atoms. The second-order valence-electron chi connectivity index (χ2n) is 4.98. The van der Waals surface area contributed by atoms with Crippen molar-refractivity contribution < 1.29 is 9.53 Å². The Bertz CT molecular complexity index is 673. The molecule has 0 aliphatic carbocycles. The first-order valence-electron chi connectivity index (χ1n) is 6.91. The molecule has 3 nitrogen and oxygen atoms in total. The number of halogens is 2. The number of ether oxygens (including phenoxy) is 1. The minimum atomic E-state index is -0.609. The fourth-order valence-electron chi connectivity index (χ4n) is 1.96. The van der Waals surface area contributed by atoms with E-state index in [9.17, 15) is 4.79 Å². The quantitative estimate of drug-likeness (QED) is 0.878. The number of amides is 1. The van der Waals surface area contributed by atoms with E-state index in [1.54, 1.807) is 31.2 Å². The van der Waals surface area contributed by atoms with Gasteiger partial charge in [-0.15, -0.1) is 0 Å². The molecule has 2 aromatic rings. The lowest BCUT2D eigenvalue weighted by Crippen LogP contribution is -2.36. The van der Waals surface area contributed by atoms with Gasteiger partial charge in [-0.25, -0.2) is 0 Å².